The van der Waals surface area contributed by atoms with E-state index < -0.39 is 0 Å². The standard InChI is InChI=1S/C15H16O2.C3H4O.C3H8/c1-15(2,11-3-7-13(16)8-4-11)12-5-9-14(17)10-6-12;1-2-3-4;1-3-2/h3-10,16-17H,1-2H3;4H,1H3;3H2,1-2H3. The molecule has 0 saturated heterocycles. The summed E-state index contributed by atoms with van der Waals surface area (Å²) in [5, 5.41) is 26.1. The number of rotatable bonds is 2. The van der Waals surface area contributed by atoms with Crippen molar-refractivity contribution in [3.8, 4) is 23.5 Å². The lowest BCUT2D eigenvalue weighted by Gasteiger charge is -2.26. The van der Waals surface area contributed by atoms with Crippen LogP contribution in [0.2, 0.25) is 0 Å². The fourth-order valence-corrected chi connectivity index (χ4v) is 1.92. The predicted molar refractivity (Wildman–Crippen MR) is 99.7 cm³/mol. The van der Waals surface area contributed by atoms with Crippen molar-refractivity contribution >= 4 is 0 Å². The normalized spacial score (nSPS) is 9.38. The zero-order chi connectivity index (χ0) is 18.6. The number of aliphatic hydroxyl groups excluding tert-OH is 1. The average Bonchev–Trinajstić information content (AvgIpc) is 2.56. The lowest BCUT2D eigenvalue weighted by Crippen LogP contribution is -2.18. The van der Waals surface area contributed by atoms with Crippen molar-refractivity contribution in [3.63, 3.8) is 0 Å². The minimum atomic E-state index is -0.151. The van der Waals surface area contributed by atoms with E-state index in [1.807, 2.05) is 24.3 Å². The van der Waals surface area contributed by atoms with Gasteiger partial charge in [-0.25, -0.2) is 0 Å². The summed E-state index contributed by atoms with van der Waals surface area (Å²) in [5.74, 6) is 2.78. The number of phenols is 2. The van der Waals surface area contributed by atoms with Crippen molar-refractivity contribution in [2.45, 2.75) is 46.5 Å². The Morgan fingerprint density at radius 3 is 1.25 bits per heavy atom. The van der Waals surface area contributed by atoms with Gasteiger partial charge < -0.3 is 15.3 Å². The second-order valence-electron chi connectivity index (χ2n) is 5.79. The molecule has 0 unspecified atom stereocenters. The summed E-state index contributed by atoms with van der Waals surface area (Å²) in [6.07, 6.45) is 2.93. The molecular formula is C21H28O3. The maximum absolute atomic E-state index is 9.30. The van der Waals surface area contributed by atoms with Crippen LogP contribution in [-0.2, 0) is 5.41 Å². The molecule has 0 aliphatic carbocycles. The minimum Gasteiger partial charge on any atom is -0.508 e. The van der Waals surface area contributed by atoms with E-state index in [9.17, 15) is 10.2 Å². The topological polar surface area (TPSA) is 60.7 Å². The maximum Gasteiger partial charge on any atom is 0.115 e. The molecular weight excluding hydrogens is 300 g/mol. The number of aromatic hydroxyl groups is 2. The molecule has 2 aromatic carbocycles. The van der Waals surface area contributed by atoms with Crippen LogP contribution in [0.25, 0.3) is 0 Å². The summed E-state index contributed by atoms with van der Waals surface area (Å²) in [6, 6.07) is 14.4. The fourth-order valence-electron chi connectivity index (χ4n) is 1.92. The molecule has 0 spiro atoms. The quantitative estimate of drug-likeness (QED) is 0.666. The van der Waals surface area contributed by atoms with Gasteiger partial charge in [-0.2, -0.15) is 0 Å². The van der Waals surface area contributed by atoms with Crippen molar-refractivity contribution in [1.29, 1.82) is 0 Å². The number of hydrogen-bond donors (Lipinski definition) is 3. The van der Waals surface area contributed by atoms with E-state index in [1.54, 1.807) is 37.3 Å². The molecule has 24 heavy (non-hydrogen) atoms. The SMILES string of the molecule is CC#CO.CC(C)(c1ccc(O)cc1)c1ccc(O)cc1.CCC. The third-order valence-electron chi connectivity index (χ3n) is 3.29. The number of hydrogen-bond acceptors (Lipinski definition) is 3. The summed E-state index contributed by atoms with van der Waals surface area (Å²) in [7, 11) is 0. The highest BCUT2D eigenvalue weighted by Gasteiger charge is 2.22. The van der Waals surface area contributed by atoms with Gasteiger partial charge in [0.05, 0.1) is 0 Å². The van der Waals surface area contributed by atoms with Crippen LogP contribution in [-0.4, -0.2) is 15.3 Å². The van der Waals surface area contributed by atoms with E-state index in [0.717, 1.165) is 11.1 Å². The largest absolute Gasteiger partial charge is 0.508 e. The molecule has 0 bridgehead atoms. The van der Waals surface area contributed by atoms with Gasteiger partial charge in [-0.1, -0.05) is 64.3 Å². The van der Waals surface area contributed by atoms with E-state index in [-0.39, 0.29) is 16.9 Å². The Bertz CT molecular complexity index is 576. The van der Waals surface area contributed by atoms with Gasteiger partial charge >= 0.3 is 0 Å². The van der Waals surface area contributed by atoms with Crippen LogP contribution in [0.3, 0.4) is 0 Å². The molecule has 3 N–H and O–H groups in total. The molecule has 0 aliphatic heterocycles. The van der Waals surface area contributed by atoms with Gasteiger partial charge in [0.25, 0.3) is 0 Å². The zero-order valence-electron chi connectivity index (χ0n) is 15.2. The average molecular weight is 328 g/mol. The molecule has 0 heterocycles. The Hall–Kier alpha value is -2.60. The van der Waals surface area contributed by atoms with Crippen LogP contribution in [0.5, 0.6) is 11.5 Å². The Labute approximate surface area is 145 Å². The monoisotopic (exact) mass is 328 g/mol. The van der Waals surface area contributed by atoms with Gasteiger partial charge in [-0.15, -0.1) is 0 Å². The van der Waals surface area contributed by atoms with Crippen molar-refractivity contribution in [3.05, 3.63) is 59.7 Å². The molecule has 0 aromatic heterocycles. The predicted octanol–water partition coefficient (Wildman–Crippen LogP) is 5.18. The third-order valence-corrected chi connectivity index (χ3v) is 3.29. The van der Waals surface area contributed by atoms with Gasteiger partial charge in [-0.3, -0.25) is 0 Å². The molecule has 3 heteroatoms. The number of aliphatic hydroxyl groups is 1. The van der Waals surface area contributed by atoms with Gasteiger partial charge in [-0.05, 0) is 35.4 Å². The van der Waals surface area contributed by atoms with E-state index in [1.165, 1.54) is 6.42 Å². The lowest BCUT2D eigenvalue weighted by molar-refractivity contribution is 0.474. The third kappa shape index (κ3) is 7.11. The summed E-state index contributed by atoms with van der Waals surface area (Å²) in [5.41, 5.74) is 2.10. The smallest absolute Gasteiger partial charge is 0.115 e. The lowest BCUT2D eigenvalue weighted by atomic mass is 9.78. The first kappa shape index (κ1) is 21.4. The van der Waals surface area contributed by atoms with Crippen molar-refractivity contribution in [1.82, 2.24) is 0 Å². The highest BCUT2D eigenvalue weighted by molar-refractivity contribution is 5.41. The van der Waals surface area contributed by atoms with Crippen molar-refractivity contribution in [2.75, 3.05) is 0 Å². The Kier molecular flexibility index (Phi) is 9.82. The summed E-state index contributed by atoms with van der Waals surface area (Å²) in [6.45, 7) is 10.1. The van der Waals surface area contributed by atoms with Crippen LogP contribution in [0.4, 0.5) is 0 Å². The molecule has 0 atom stereocenters. The molecule has 0 amide bonds. The molecule has 2 rings (SSSR count). The second kappa shape index (κ2) is 11.0. The number of benzene rings is 2. The van der Waals surface area contributed by atoms with Gasteiger partial charge in [0.2, 0.25) is 0 Å². The minimum absolute atomic E-state index is 0.151. The van der Waals surface area contributed by atoms with E-state index in [2.05, 4.69) is 33.6 Å². The second-order valence-corrected chi connectivity index (χ2v) is 5.79. The van der Waals surface area contributed by atoms with Crippen LogP contribution in [0.15, 0.2) is 48.5 Å². The Balaban J connectivity index is 0.000000648. The summed E-state index contributed by atoms with van der Waals surface area (Å²) in [4.78, 5) is 0. The first-order valence-corrected chi connectivity index (χ1v) is 7.98. The van der Waals surface area contributed by atoms with Crippen molar-refractivity contribution in [2.24, 2.45) is 0 Å². The fraction of sp³-hybridized carbons (Fsp3) is 0.333. The first-order valence-electron chi connectivity index (χ1n) is 7.98. The number of phenolic OH excluding ortho intramolecular Hbond substituents is 2. The van der Waals surface area contributed by atoms with Crippen LogP contribution in [0, 0.1) is 12.0 Å². The van der Waals surface area contributed by atoms with E-state index in [4.69, 9.17) is 5.11 Å². The molecule has 3 nitrogen and oxygen atoms in total. The first-order chi connectivity index (χ1) is 11.3. The Morgan fingerprint density at radius 2 is 1.04 bits per heavy atom. The maximum atomic E-state index is 9.30. The highest BCUT2D eigenvalue weighted by atomic mass is 16.3. The Morgan fingerprint density at radius 1 is 0.792 bits per heavy atom. The summed E-state index contributed by atoms with van der Waals surface area (Å²) >= 11 is 0. The molecule has 0 radical (unpaired) electrons. The van der Waals surface area contributed by atoms with Gasteiger partial charge in [0.15, 0.2) is 0 Å². The highest BCUT2D eigenvalue weighted by Crippen LogP contribution is 2.32. The van der Waals surface area contributed by atoms with E-state index >= 15 is 0 Å². The molecule has 2 aromatic rings. The van der Waals surface area contributed by atoms with Gasteiger partial charge in [0.1, 0.15) is 17.6 Å². The van der Waals surface area contributed by atoms with Crippen molar-refractivity contribution < 1.29 is 15.3 Å². The molecule has 0 saturated carbocycles. The van der Waals surface area contributed by atoms with E-state index in [0.29, 0.717) is 0 Å². The van der Waals surface area contributed by atoms with Gasteiger partial charge in [0, 0.05) is 12.3 Å². The molecule has 0 aliphatic rings. The van der Waals surface area contributed by atoms with Crippen LogP contribution in [0.1, 0.15) is 52.2 Å². The molecule has 130 valence electrons. The van der Waals surface area contributed by atoms with Crippen LogP contribution < -0.4 is 0 Å². The summed E-state index contributed by atoms with van der Waals surface area (Å²) < 4.78 is 0. The van der Waals surface area contributed by atoms with Crippen LogP contribution >= 0.6 is 0 Å². The zero-order valence-corrected chi connectivity index (χ0v) is 15.2. The molecule has 0 fully saturated rings.